The maximum absolute atomic E-state index is 11.0. The zero-order valence-corrected chi connectivity index (χ0v) is 6.50. The van der Waals surface area contributed by atoms with E-state index in [1.165, 1.54) is 0 Å². The van der Waals surface area contributed by atoms with Crippen molar-refractivity contribution >= 4 is 5.78 Å². The maximum atomic E-state index is 11.0. The van der Waals surface area contributed by atoms with Crippen LogP contribution in [-0.4, -0.2) is 21.1 Å². The molecule has 0 atom stereocenters. The van der Waals surface area contributed by atoms with E-state index in [1.54, 1.807) is 6.92 Å². The van der Waals surface area contributed by atoms with Gasteiger partial charge in [-0.05, 0) is 0 Å². The topological polar surface area (TPSA) is 83.0 Å². The van der Waals surface area contributed by atoms with Crippen LogP contribution in [0.3, 0.4) is 0 Å². The van der Waals surface area contributed by atoms with Gasteiger partial charge in [0.15, 0.2) is 17.2 Å². The minimum absolute atomic E-state index is 0.0860. The molecule has 0 unspecified atom stereocenters. The Morgan fingerprint density at radius 3 is 2.92 bits per heavy atom. The van der Waals surface area contributed by atoms with Gasteiger partial charge in [-0.1, -0.05) is 6.92 Å². The highest BCUT2D eigenvalue weighted by molar-refractivity contribution is 5.96. The molecule has 1 aromatic heterocycles. The molecule has 0 spiro atoms. The molecule has 0 radical (unpaired) electrons. The molecule has 0 aliphatic rings. The summed E-state index contributed by atoms with van der Waals surface area (Å²) in [6.07, 6.45) is 0.243. The van der Waals surface area contributed by atoms with E-state index in [4.69, 9.17) is 5.11 Å². The summed E-state index contributed by atoms with van der Waals surface area (Å²) in [4.78, 5) is 21.6. The van der Waals surface area contributed by atoms with Gasteiger partial charge in [-0.3, -0.25) is 9.59 Å². The van der Waals surface area contributed by atoms with Gasteiger partial charge >= 0.3 is 0 Å². The van der Waals surface area contributed by atoms with Crippen LogP contribution >= 0.6 is 0 Å². The Kier molecular flexibility index (Phi) is 2.23. The first kappa shape index (κ1) is 8.45. The van der Waals surface area contributed by atoms with Crippen molar-refractivity contribution in [2.75, 3.05) is 0 Å². The molecule has 1 aromatic rings. The molecule has 12 heavy (non-hydrogen) atoms. The lowest BCUT2D eigenvalue weighted by molar-refractivity contribution is 0.0979. The second-order valence-electron chi connectivity index (χ2n) is 2.24. The number of nitrogens with one attached hydrogen (secondary N) is 1. The third-order valence-corrected chi connectivity index (χ3v) is 1.37. The summed E-state index contributed by atoms with van der Waals surface area (Å²) < 4.78 is 0. The molecule has 0 aliphatic heterocycles. The second kappa shape index (κ2) is 3.17. The van der Waals surface area contributed by atoms with Gasteiger partial charge in [0, 0.05) is 12.5 Å². The van der Waals surface area contributed by atoms with Gasteiger partial charge in [0.25, 0.3) is 5.56 Å². The smallest absolute Gasteiger partial charge is 0.267 e. The number of hydrogen-bond acceptors (Lipinski definition) is 4. The number of hydrogen-bond donors (Lipinski definition) is 2. The van der Waals surface area contributed by atoms with Crippen molar-refractivity contribution in [2.24, 2.45) is 0 Å². The molecule has 5 heteroatoms. The zero-order chi connectivity index (χ0) is 9.14. The Morgan fingerprint density at radius 1 is 1.75 bits per heavy atom. The fourth-order valence-corrected chi connectivity index (χ4v) is 0.766. The number of carbonyl (C=O) groups is 1. The van der Waals surface area contributed by atoms with Crippen LogP contribution in [0.2, 0.25) is 0 Å². The van der Waals surface area contributed by atoms with Crippen molar-refractivity contribution < 1.29 is 9.90 Å². The summed E-state index contributed by atoms with van der Waals surface area (Å²) in [6, 6.07) is 0.926. The van der Waals surface area contributed by atoms with E-state index in [2.05, 4.69) is 10.2 Å². The van der Waals surface area contributed by atoms with E-state index in [0.717, 1.165) is 6.07 Å². The Labute approximate surface area is 68.1 Å². The zero-order valence-electron chi connectivity index (χ0n) is 6.50. The van der Waals surface area contributed by atoms with E-state index in [-0.39, 0.29) is 23.6 Å². The first-order valence-electron chi connectivity index (χ1n) is 3.47. The van der Waals surface area contributed by atoms with Gasteiger partial charge in [0.1, 0.15) is 0 Å². The highest BCUT2D eigenvalue weighted by Gasteiger charge is 2.10. The largest absolute Gasteiger partial charge is 0.505 e. The van der Waals surface area contributed by atoms with Crippen molar-refractivity contribution in [3.05, 3.63) is 22.1 Å². The average Bonchev–Trinajstić information content (AvgIpc) is 2.03. The van der Waals surface area contributed by atoms with Gasteiger partial charge in [-0.15, -0.1) is 0 Å². The van der Waals surface area contributed by atoms with Crippen LogP contribution in [0.5, 0.6) is 5.75 Å². The van der Waals surface area contributed by atoms with Gasteiger partial charge in [-0.25, -0.2) is 5.10 Å². The van der Waals surface area contributed by atoms with Crippen LogP contribution in [0.15, 0.2) is 10.9 Å². The first-order chi connectivity index (χ1) is 5.65. The van der Waals surface area contributed by atoms with Crippen molar-refractivity contribution in [3.8, 4) is 5.75 Å². The van der Waals surface area contributed by atoms with Crippen molar-refractivity contribution in [1.29, 1.82) is 0 Å². The number of Topliss-reactive ketones (excluding diaryl/α,β-unsaturated/α-hetero) is 1. The maximum Gasteiger partial charge on any atom is 0.267 e. The Morgan fingerprint density at radius 2 is 2.42 bits per heavy atom. The third-order valence-electron chi connectivity index (χ3n) is 1.37. The van der Waals surface area contributed by atoms with Crippen molar-refractivity contribution in [1.82, 2.24) is 10.2 Å². The number of rotatable bonds is 2. The lowest BCUT2D eigenvalue weighted by Crippen LogP contribution is -2.11. The van der Waals surface area contributed by atoms with Crippen LogP contribution < -0.4 is 5.56 Å². The number of aromatic nitrogens is 2. The molecule has 0 saturated heterocycles. The van der Waals surface area contributed by atoms with Gasteiger partial charge in [-0.2, -0.15) is 5.10 Å². The van der Waals surface area contributed by atoms with Crippen LogP contribution in [0.4, 0.5) is 0 Å². The summed E-state index contributed by atoms with van der Waals surface area (Å²) in [5, 5.41) is 14.6. The number of carbonyl (C=O) groups excluding carboxylic acids is 1. The molecule has 64 valence electrons. The molecule has 0 aliphatic carbocycles. The fraction of sp³-hybridized carbons (Fsp3) is 0.286. The van der Waals surface area contributed by atoms with Crippen LogP contribution in [-0.2, 0) is 0 Å². The Hall–Kier alpha value is -1.65. The monoisotopic (exact) mass is 168 g/mol. The molecule has 0 amide bonds. The predicted molar refractivity (Wildman–Crippen MR) is 41.1 cm³/mol. The molecule has 0 bridgehead atoms. The van der Waals surface area contributed by atoms with Gasteiger partial charge in [0.05, 0.1) is 0 Å². The highest BCUT2D eigenvalue weighted by atomic mass is 16.3. The minimum Gasteiger partial charge on any atom is -0.505 e. The summed E-state index contributed by atoms with van der Waals surface area (Å²) in [6.45, 7) is 1.65. The molecule has 1 rings (SSSR count). The molecule has 0 aromatic carbocycles. The summed E-state index contributed by atoms with van der Waals surface area (Å²) in [7, 11) is 0. The van der Waals surface area contributed by atoms with E-state index < -0.39 is 5.56 Å². The van der Waals surface area contributed by atoms with Crippen molar-refractivity contribution in [2.45, 2.75) is 13.3 Å². The van der Waals surface area contributed by atoms with Gasteiger partial charge < -0.3 is 5.11 Å². The summed E-state index contributed by atoms with van der Waals surface area (Å²) in [5.41, 5.74) is -0.614. The number of aromatic hydroxyl groups is 1. The van der Waals surface area contributed by atoms with Crippen LogP contribution in [0.25, 0.3) is 0 Å². The highest BCUT2D eigenvalue weighted by Crippen LogP contribution is 2.10. The Bertz CT molecular complexity index is 356. The summed E-state index contributed by atoms with van der Waals surface area (Å²) in [5.74, 6) is -0.672. The number of H-pyrrole nitrogens is 1. The Balaban J connectivity index is 3.18. The molecule has 1 heterocycles. The molecular weight excluding hydrogens is 160 g/mol. The minimum atomic E-state index is -0.528. The predicted octanol–water partition coefficient (Wildman–Crippen LogP) is 0.0682. The SMILES string of the molecule is CCC(=O)c1n[nH]c(=O)cc1O. The number of nitrogens with zero attached hydrogens (tertiary/aromatic N) is 1. The number of aromatic amines is 1. The van der Waals surface area contributed by atoms with Crippen LogP contribution in [0.1, 0.15) is 23.8 Å². The lowest BCUT2D eigenvalue weighted by atomic mass is 10.2. The van der Waals surface area contributed by atoms with E-state index in [9.17, 15) is 9.59 Å². The van der Waals surface area contributed by atoms with E-state index in [1.807, 2.05) is 0 Å². The number of ketones is 1. The third kappa shape index (κ3) is 1.50. The quantitative estimate of drug-likeness (QED) is 0.612. The molecule has 2 N–H and O–H groups in total. The average molecular weight is 168 g/mol. The molecule has 5 nitrogen and oxygen atoms in total. The summed E-state index contributed by atoms with van der Waals surface area (Å²) >= 11 is 0. The molecule has 0 saturated carbocycles. The van der Waals surface area contributed by atoms with Crippen molar-refractivity contribution in [3.63, 3.8) is 0 Å². The van der Waals surface area contributed by atoms with Crippen LogP contribution in [0, 0.1) is 0 Å². The fourth-order valence-electron chi connectivity index (χ4n) is 0.766. The second-order valence-corrected chi connectivity index (χ2v) is 2.24. The lowest BCUT2D eigenvalue weighted by Gasteiger charge is -1.97. The van der Waals surface area contributed by atoms with Gasteiger partial charge in [0.2, 0.25) is 0 Å². The standard InChI is InChI=1S/C7H8N2O3/c1-2-4(10)7-5(11)3-6(12)8-9-7/h3H,2H2,1H3,(H2,8,11,12). The molecule has 0 fully saturated rings. The molecular formula is C7H8N2O3. The van der Waals surface area contributed by atoms with E-state index in [0.29, 0.717) is 0 Å². The first-order valence-corrected chi connectivity index (χ1v) is 3.47. The normalized spacial score (nSPS) is 9.75. The van der Waals surface area contributed by atoms with E-state index >= 15 is 0 Å².